The summed E-state index contributed by atoms with van der Waals surface area (Å²) < 4.78 is 4.87. The second-order valence-corrected chi connectivity index (χ2v) is 2.66. The normalized spacial score (nSPS) is 15.2. The van der Waals surface area contributed by atoms with Crippen LogP contribution in [-0.4, -0.2) is 13.2 Å². The minimum absolute atomic E-state index is 0.314. The maximum Gasteiger partial charge on any atom is 0.439 e. The number of fused-ring (bicyclic) bond motifs is 1. The number of carbonyl (C=O) groups is 1. The van der Waals surface area contributed by atoms with E-state index in [4.69, 9.17) is 9.57 Å². The smallest absolute Gasteiger partial charge is 0.439 e. The molecule has 0 radical (unpaired) electrons. The van der Waals surface area contributed by atoms with Crippen LogP contribution in [0.4, 0.5) is 10.5 Å². The summed E-state index contributed by atoms with van der Waals surface area (Å²) in [5.41, 5.74) is 1.70. The number of nitrogens with zero attached hydrogens (tertiary/aromatic N) is 1. The third kappa shape index (κ3) is 1.25. The summed E-state index contributed by atoms with van der Waals surface area (Å²) in [6.45, 7) is 0.314. The molecule has 0 saturated heterocycles. The largest absolute Gasteiger partial charge is 0.443 e. The number of hydrogen-bond acceptors (Lipinski definition) is 3. The zero-order valence-electron chi connectivity index (χ0n) is 7.19. The molecule has 4 nitrogen and oxygen atoms in total. The van der Waals surface area contributed by atoms with E-state index in [0.29, 0.717) is 6.61 Å². The average Bonchev–Trinajstić information content (AvgIpc) is 2.18. The molecule has 1 heterocycles. The lowest BCUT2D eigenvalue weighted by Crippen LogP contribution is -2.34. The molecule has 1 amide bonds. The highest BCUT2D eigenvalue weighted by molar-refractivity contribution is 5.88. The van der Waals surface area contributed by atoms with Gasteiger partial charge in [0.15, 0.2) is 0 Å². The predicted octanol–water partition coefficient (Wildman–Crippen LogP) is 1.70. The summed E-state index contributed by atoms with van der Waals surface area (Å²) in [7, 11) is 1.43. The molecule has 0 fully saturated rings. The van der Waals surface area contributed by atoms with E-state index in [1.807, 2.05) is 24.3 Å². The number of rotatable bonds is 1. The van der Waals surface area contributed by atoms with Crippen molar-refractivity contribution in [2.24, 2.45) is 0 Å². The monoisotopic (exact) mass is 179 g/mol. The first-order chi connectivity index (χ1) is 6.33. The van der Waals surface area contributed by atoms with Crippen LogP contribution in [0.2, 0.25) is 0 Å². The van der Waals surface area contributed by atoms with Gasteiger partial charge in [-0.3, -0.25) is 4.84 Å². The molecule has 2 rings (SSSR count). The van der Waals surface area contributed by atoms with Crippen molar-refractivity contribution in [1.29, 1.82) is 0 Å². The third-order valence-corrected chi connectivity index (χ3v) is 1.91. The highest BCUT2D eigenvalue weighted by atomic mass is 16.7. The Labute approximate surface area is 75.6 Å². The Morgan fingerprint density at radius 2 is 2.23 bits per heavy atom. The fraction of sp³-hybridized carbons (Fsp3) is 0.222. The van der Waals surface area contributed by atoms with E-state index in [1.54, 1.807) is 0 Å². The van der Waals surface area contributed by atoms with E-state index in [2.05, 4.69) is 0 Å². The van der Waals surface area contributed by atoms with Gasteiger partial charge in [0.25, 0.3) is 0 Å². The number of carbonyl (C=O) groups excluding carboxylic acids is 1. The number of ether oxygens (including phenoxy) is 1. The van der Waals surface area contributed by atoms with Gasteiger partial charge in [0, 0.05) is 5.56 Å². The Kier molecular flexibility index (Phi) is 1.90. The second kappa shape index (κ2) is 3.06. The summed E-state index contributed by atoms with van der Waals surface area (Å²) in [6.07, 6.45) is -0.471. The lowest BCUT2D eigenvalue weighted by atomic mass is 10.2. The van der Waals surface area contributed by atoms with Gasteiger partial charge in [0.1, 0.15) is 6.61 Å². The van der Waals surface area contributed by atoms with Crippen molar-refractivity contribution in [2.75, 3.05) is 12.2 Å². The Morgan fingerprint density at radius 1 is 1.46 bits per heavy atom. The van der Waals surface area contributed by atoms with Crippen LogP contribution in [0.25, 0.3) is 0 Å². The number of amides is 1. The lowest BCUT2D eigenvalue weighted by molar-refractivity contribution is 0.0859. The predicted molar refractivity (Wildman–Crippen MR) is 46.1 cm³/mol. The molecule has 1 aromatic rings. The number of para-hydroxylation sites is 1. The SMILES string of the molecule is CON1C(=O)OCc2ccccc21. The molecule has 0 saturated carbocycles. The zero-order valence-corrected chi connectivity index (χ0v) is 7.19. The quantitative estimate of drug-likeness (QED) is 0.658. The summed E-state index contributed by atoms with van der Waals surface area (Å²) >= 11 is 0. The van der Waals surface area contributed by atoms with Crippen LogP contribution < -0.4 is 5.06 Å². The van der Waals surface area contributed by atoms with Crippen LogP contribution in [0.15, 0.2) is 24.3 Å². The van der Waals surface area contributed by atoms with Gasteiger partial charge in [0.05, 0.1) is 12.8 Å². The van der Waals surface area contributed by atoms with Crippen molar-refractivity contribution in [3.63, 3.8) is 0 Å². The Hall–Kier alpha value is -1.55. The first kappa shape index (κ1) is 8.07. The zero-order chi connectivity index (χ0) is 9.26. The van der Waals surface area contributed by atoms with Gasteiger partial charge in [-0.2, -0.15) is 5.06 Å². The minimum atomic E-state index is -0.471. The highest BCUT2D eigenvalue weighted by Crippen LogP contribution is 2.26. The molecule has 13 heavy (non-hydrogen) atoms. The lowest BCUT2D eigenvalue weighted by Gasteiger charge is -2.25. The second-order valence-electron chi connectivity index (χ2n) is 2.66. The molecule has 1 aliphatic heterocycles. The van der Waals surface area contributed by atoms with E-state index >= 15 is 0 Å². The Bertz CT molecular complexity index is 337. The number of benzene rings is 1. The molecule has 1 aromatic carbocycles. The molecule has 1 aliphatic rings. The van der Waals surface area contributed by atoms with Crippen molar-refractivity contribution in [3.8, 4) is 0 Å². The maximum absolute atomic E-state index is 11.2. The van der Waals surface area contributed by atoms with Crippen molar-refractivity contribution in [2.45, 2.75) is 6.61 Å². The van der Waals surface area contributed by atoms with Gasteiger partial charge < -0.3 is 4.74 Å². The summed E-state index contributed by atoms with van der Waals surface area (Å²) in [4.78, 5) is 16.1. The molecular formula is C9H9NO3. The van der Waals surface area contributed by atoms with Crippen LogP contribution in [0.1, 0.15) is 5.56 Å². The standard InChI is InChI=1S/C9H9NO3/c1-12-10-8-5-3-2-4-7(8)6-13-9(10)11/h2-5H,6H2,1H3. The first-order valence-electron chi connectivity index (χ1n) is 3.92. The van der Waals surface area contributed by atoms with E-state index in [1.165, 1.54) is 7.11 Å². The first-order valence-corrected chi connectivity index (χ1v) is 3.92. The molecule has 0 bridgehead atoms. The fourth-order valence-corrected chi connectivity index (χ4v) is 1.30. The van der Waals surface area contributed by atoms with Crippen molar-refractivity contribution < 1.29 is 14.4 Å². The fourth-order valence-electron chi connectivity index (χ4n) is 1.30. The summed E-state index contributed by atoms with van der Waals surface area (Å²) in [5.74, 6) is 0. The van der Waals surface area contributed by atoms with Gasteiger partial charge in [-0.15, -0.1) is 0 Å². The molecule has 4 heteroatoms. The van der Waals surface area contributed by atoms with Crippen LogP contribution >= 0.6 is 0 Å². The van der Waals surface area contributed by atoms with Gasteiger partial charge in [-0.1, -0.05) is 18.2 Å². The van der Waals surface area contributed by atoms with Crippen molar-refractivity contribution >= 4 is 11.8 Å². The van der Waals surface area contributed by atoms with Crippen molar-refractivity contribution in [3.05, 3.63) is 29.8 Å². The number of hydrogen-bond donors (Lipinski definition) is 0. The number of anilines is 1. The highest BCUT2D eigenvalue weighted by Gasteiger charge is 2.25. The molecule has 0 spiro atoms. The minimum Gasteiger partial charge on any atom is -0.443 e. The van der Waals surface area contributed by atoms with Gasteiger partial charge in [-0.05, 0) is 6.07 Å². The van der Waals surface area contributed by atoms with Gasteiger partial charge in [-0.25, -0.2) is 4.79 Å². The number of cyclic esters (lactones) is 1. The molecular weight excluding hydrogens is 170 g/mol. The topological polar surface area (TPSA) is 38.8 Å². The van der Waals surface area contributed by atoms with Crippen LogP contribution in [0, 0.1) is 0 Å². The van der Waals surface area contributed by atoms with E-state index in [-0.39, 0.29) is 0 Å². The summed E-state index contributed by atoms with van der Waals surface area (Å²) in [5, 5.41) is 1.14. The van der Waals surface area contributed by atoms with E-state index in [0.717, 1.165) is 16.3 Å². The third-order valence-electron chi connectivity index (χ3n) is 1.91. The van der Waals surface area contributed by atoms with E-state index in [9.17, 15) is 4.79 Å². The molecule has 0 N–H and O–H groups in total. The van der Waals surface area contributed by atoms with Crippen molar-refractivity contribution in [1.82, 2.24) is 0 Å². The molecule has 0 aromatic heterocycles. The average molecular weight is 179 g/mol. The van der Waals surface area contributed by atoms with E-state index < -0.39 is 6.09 Å². The Morgan fingerprint density at radius 3 is 3.00 bits per heavy atom. The van der Waals surface area contributed by atoms with Crippen LogP contribution in [0.3, 0.4) is 0 Å². The van der Waals surface area contributed by atoms with Gasteiger partial charge >= 0.3 is 6.09 Å². The molecule has 0 atom stereocenters. The van der Waals surface area contributed by atoms with Crippen LogP contribution in [0.5, 0.6) is 0 Å². The summed E-state index contributed by atoms with van der Waals surface area (Å²) in [6, 6.07) is 7.46. The van der Waals surface area contributed by atoms with Crippen LogP contribution in [-0.2, 0) is 16.2 Å². The molecule has 68 valence electrons. The Balaban J connectivity index is 2.45. The van der Waals surface area contributed by atoms with Gasteiger partial charge in [0.2, 0.25) is 0 Å². The molecule has 0 aliphatic carbocycles. The molecule has 0 unspecified atom stereocenters. The number of hydroxylamine groups is 1. The maximum atomic E-state index is 11.2.